The van der Waals surface area contributed by atoms with Gasteiger partial charge in [0.2, 0.25) is 10.0 Å². The van der Waals surface area contributed by atoms with Crippen LogP contribution < -0.4 is 14.2 Å². The molecule has 0 saturated carbocycles. The van der Waals surface area contributed by atoms with E-state index in [0.29, 0.717) is 17.2 Å². The normalized spacial score (nSPS) is 10.9. The molecule has 0 bridgehead atoms. The maximum atomic E-state index is 11.2. The Bertz CT molecular complexity index is 681. The summed E-state index contributed by atoms with van der Waals surface area (Å²) < 4.78 is 35.5. The van der Waals surface area contributed by atoms with Gasteiger partial charge in [0.15, 0.2) is 0 Å². The Kier molecular flexibility index (Phi) is 4.14. The van der Waals surface area contributed by atoms with Crippen LogP contribution in [-0.2, 0) is 10.0 Å². The Balaban J connectivity index is 2.14. The van der Waals surface area contributed by atoms with Crippen LogP contribution in [0.2, 0.25) is 0 Å². The standard InChI is InChI=1S/C14H15NO4S/c1-18-12-6-8-13(9-7-12)19-14-5-3-4-11(10-14)15-20(2,16)17/h3-10,15H,1-2H3. The summed E-state index contributed by atoms with van der Waals surface area (Å²) in [5.41, 5.74) is 0.457. The average Bonchev–Trinajstić information content (AvgIpc) is 2.38. The fourth-order valence-corrected chi connectivity index (χ4v) is 2.17. The van der Waals surface area contributed by atoms with Gasteiger partial charge in [0, 0.05) is 6.07 Å². The maximum Gasteiger partial charge on any atom is 0.229 e. The van der Waals surface area contributed by atoms with E-state index in [2.05, 4.69) is 4.72 Å². The van der Waals surface area contributed by atoms with Gasteiger partial charge in [0.25, 0.3) is 0 Å². The molecule has 0 aromatic heterocycles. The van der Waals surface area contributed by atoms with Crippen LogP contribution in [0.5, 0.6) is 17.2 Å². The second kappa shape index (κ2) is 5.83. The van der Waals surface area contributed by atoms with Gasteiger partial charge in [0.1, 0.15) is 17.2 Å². The SMILES string of the molecule is COc1ccc(Oc2cccc(NS(C)(=O)=O)c2)cc1. The van der Waals surface area contributed by atoms with Crippen molar-refractivity contribution in [3.05, 3.63) is 48.5 Å². The molecule has 20 heavy (non-hydrogen) atoms. The van der Waals surface area contributed by atoms with Crippen LogP contribution in [-0.4, -0.2) is 21.8 Å². The number of anilines is 1. The molecule has 0 radical (unpaired) electrons. The lowest BCUT2D eigenvalue weighted by Gasteiger charge is -2.09. The van der Waals surface area contributed by atoms with Crippen LogP contribution >= 0.6 is 0 Å². The Morgan fingerprint density at radius 1 is 0.950 bits per heavy atom. The van der Waals surface area contributed by atoms with Crippen molar-refractivity contribution in [2.24, 2.45) is 0 Å². The second-order valence-corrected chi connectivity index (χ2v) is 5.93. The van der Waals surface area contributed by atoms with Gasteiger partial charge < -0.3 is 9.47 Å². The number of benzene rings is 2. The summed E-state index contributed by atoms with van der Waals surface area (Å²) in [5, 5.41) is 0. The first-order valence-corrected chi connectivity index (χ1v) is 7.75. The fourth-order valence-electron chi connectivity index (χ4n) is 1.62. The molecular formula is C14H15NO4S. The molecular weight excluding hydrogens is 278 g/mol. The van der Waals surface area contributed by atoms with Gasteiger partial charge in [-0.1, -0.05) is 6.07 Å². The van der Waals surface area contributed by atoms with Gasteiger partial charge in [0.05, 0.1) is 19.1 Å². The van der Waals surface area contributed by atoms with Gasteiger partial charge in [-0.15, -0.1) is 0 Å². The summed E-state index contributed by atoms with van der Waals surface area (Å²) in [6, 6.07) is 13.9. The Hall–Kier alpha value is -2.21. The minimum Gasteiger partial charge on any atom is -0.497 e. The molecule has 0 unspecified atom stereocenters. The van der Waals surface area contributed by atoms with Crippen molar-refractivity contribution < 1.29 is 17.9 Å². The molecule has 5 nitrogen and oxygen atoms in total. The molecule has 1 N–H and O–H groups in total. The van der Waals surface area contributed by atoms with E-state index in [-0.39, 0.29) is 0 Å². The molecule has 0 aliphatic carbocycles. The number of nitrogens with one attached hydrogen (secondary N) is 1. The summed E-state index contributed by atoms with van der Waals surface area (Å²) >= 11 is 0. The third kappa shape index (κ3) is 4.17. The molecule has 2 aromatic rings. The number of ether oxygens (including phenoxy) is 2. The van der Waals surface area contributed by atoms with Crippen molar-refractivity contribution in [1.82, 2.24) is 0 Å². The molecule has 2 aromatic carbocycles. The summed E-state index contributed by atoms with van der Waals surface area (Å²) in [4.78, 5) is 0. The quantitative estimate of drug-likeness (QED) is 0.920. The van der Waals surface area contributed by atoms with Crippen LogP contribution in [0, 0.1) is 0 Å². The van der Waals surface area contributed by atoms with Crippen LogP contribution in [0.4, 0.5) is 5.69 Å². The van der Waals surface area contributed by atoms with Gasteiger partial charge >= 0.3 is 0 Å². The summed E-state index contributed by atoms with van der Waals surface area (Å²) in [7, 11) is -1.70. The summed E-state index contributed by atoms with van der Waals surface area (Å²) in [5.74, 6) is 1.93. The number of hydrogen-bond acceptors (Lipinski definition) is 4. The number of hydrogen-bond donors (Lipinski definition) is 1. The van der Waals surface area contributed by atoms with Crippen molar-refractivity contribution in [3.8, 4) is 17.2 Å². The van der Waals surface area contributed by atoms with Crippen LogP contribution in [0.3, 0.4) is 0 Å². The van der Waals surface area contributed by atoms with E-state index in [4.69, 9.17) is 9.47 Å². The van der Waals surface area contributed by atoms with Gasteiger partial charge in [-0.05, 0) is 36.4 Å². The third-order valence-corrected chi connectivity index (χ3v) is 3.04. The summed E-state index contributed by atoms with van der Waals surface area (Å²) in [6.07, 6.45) is 1.10. The van der Waals surface area contributed by atoms with Crippen molar-refractivity contribution >= 4 is 15.7 Å². The fraction of sp³-hybridized carbons (Fsp3) is 0.143. The minimum absolute atomic E-state index is 0.457. The lowest BCUT2D eigenvalue weighted by molar-refractivity contribution is 0.413. The molecule has 2 rings (SSSR count). The largest absolute Gasteiger partial charge is 0.497 e. The van der Waals surface area contributed by atoms with Crippen molar-refractivity contribution in [2.75, 3.05) is 18.1 Å². The third-order valence-electron chi connectivity index (χ3n) is 2.43. The van der Waals surface area contributed by atoms with Crippen LogP contribution in [0.25, 0.3) is 0 Å². The highest BCUT2D eigenvalue weighted by Gasteiger charge is 2.04. The zero-order valence-corrected chi connectivity index (χ0v) is 12.0. The zero-order chi connectivity index (χ0) is 14.6. The van der Waals surface area contributed by atoms with Crippen LogP contribution in [0.15, 0.2) is 48.5 Å². The average molecular weight is 293 g/mol. The minimum atomic E-state index is -3.30. The zero-order valence-electron chi connectivity index (χ0n) is 11.2. The lowest BCUT2D eigenvalue weighted by atomic mass is 10.3. The first-order chi connectivity index (χ1) is 9.46. The second-order valence-electron chi connectivity index (χ2n) is 4.18. The number of rotatable bonds is 5. The highest BCUT2D eigenvalue weighted by Crippen LogP contribution is 2.26. The molecule has 0 heterocycles. The van der Waals surface area contributed by atoms with E-state index in [1.165, 1.54) is 0 Å². The smallest absolute Gasteiger partial charge is 0.229 e. The van der Waals surface area contributed by atoms with Crippen molar-refractivity contribution in [3.63, 3.8) is 0 Å². The predicted octanol–water partition coefficient (Wildman–Crippen LogP) is 2.86. The Morgan fingerprint density at radius 3 is 2.20 bits per heavy atom. The van der Waals surface area contributed by atoms with Gasteiger partial charge in [-0.25, -0.2) is 8.42 Å². The van der Waals surface area contributed by atoms with E-state index in [9.17, 15) is 8.42 Å². The predicted molar refractivity (Wildman–Crippen MR) is 78.0 cm³/mol. The number of sulfonamides is 1. The van der Waals surface area contributed by atoms with Gasteiger partial charge in [-0.2, -0.15) is 0 Å². The molecule has 0 saturated heterocycles. The maximum absolute atomic E-state index is 11.2. The van der Waals surface area contributed by atoms with Gasteiger partial charge in [-0.3, -0.25) is 4.72 Å². The monoisotopic (exact) mass is 293 g/mol. The highest BCUT2D eigenvalue weighted by molar-refractivity contribution is 7.92. The lowest BCUT2D eigenvalue weighted by Crippen LogP contribution is -2.09. The Morgan fingerprint density at radius 2 is 1.60 bits per heavy atom. The van der Waals surface area contributed by atoms with Crippen molar-refractivity contribution in [2.45, 2.75) is 0 Å². The highest BCUT2D eigenvalue weighted by atomic mass is 32.2. The van der Waals surface area contributed by atoms with E-state index in [1.54, 1.807) is 55.6 Å². The molecule has 6 heteroatoms. The molecule has 0 spiro atoms. The Labute approximate surface area is 118 Å². The molecule has 0 amide bonds. The van der Waals surface area contributed by atoms with E-state index < -0.39 is 10.0 Å². The molecule has 106 valence electrons. The molecule has 0 fully saturated rings. The molecule has 0 aliphatic rings. The topological polar surface area (TPSA) is 64.6 Å². The first-order valence-electron chi connectivity index (χ1n) is 5.86. The van der Waals surface area contributed by atoms with E-state index in [1.807, 2.05) is 0 Å². The molecule has 0 atom stereocenters. The summed E-state index contributed by atoms with van der Waals surface area (Å²) in [6.45, 7) is 0. The van der Waals surface area contributed by atoms with Crippen molar-refractivity contribution in [1.29, 1.82) is 0 Å². The molecule has 0 aliphatic heterocycles. The van der Waals surface area contributed by atoms with Crippen LogP contribution in [0.1, 0.15) is 0 Å². The van der Waals surface area contributed by atoms with E-state index in [0.717, 1.165) is 12.0 Å². The first kappa shape index (κ1) is 14.2. The number of methoxy groups -OCH3 is 1. The van der Waals surface area contributed by atoms with E-state index >= 15 is 0 Å².